The molecule has 4 rings (SSSR count). The zero-order valence-electron chi connectivity index (χ0n) is 28.9. The summed E-state index contributed by atoms with van der Waals surface area (Å²) >= 11 is 0. The number of benzene rings is 2. The average Bonchev–Trinajstić information content (AvgIpc) is 3.66. The Hall–Kier alpha value is -5.33. The Balaban J connectivity index is 1.62. The van der Waals surface area contributed by atoms with Crippen LogP contribution in [0.4, 0.5) is 10.6 Å². The van der Waals surface area contributed by atoms with Crippen LogP contribution in [0.1, 0.15) is 52.7 Å². The van der Waals surface area contributed by atoms with Gasteiger partial charge in [0.25, 0.3) is 5.91 Å². The fourth-order valence-electron chi connectivity index (χ4n) is 5.26. The number of carbonyl (C=O) groups excluding carboxylic acids is 4. The first kappa shape index (κ1) is 35.5. The smallest absolute Gasteiger partial charge is 0.408 e. The summed E-state index contributed by atoms with van der Waals surface area (Å²) in [6, 6.07) is 13.7. The lowest BCUT2D eigenvalue weighted by Crippen LogP contribution is -2.59. The van der Waals surface area contributed by atoms with Gasteiger partial charge in [0.2, 0.25) is 11.8 Å². The Bertz CT molecular complexity index is 1780. The number of imidazole rings is 1. The largest absolute Gasteiger partial charge is 0.497 e. The number of hydrogen-bond acceptors (Lipinski definition) is 7. The van der Waals surface area contributed by atoms with E-state index in [0.717, 1.165) is 16.5 Å². The van der Waals surface area contributed by atoms with Crippen LogP contribution < -0.4 is 20.7 Å². The Kier molecular flexibility index (Phi) is 10.2. The molecule has 4 amide bonds. The molecular formula is C35H45N7O6. The highest BCUT2D eigenvalue weighted by atomic mass is 16.6. The number of nitrogens with zero attached hydrogens (tertiary/aromatic N) is 3. The molecule has 1 unspecified atom stereocenters. The van der Waals surface area contributed by atoms with Gasteiger partial charge in [-0.25, -0.2) is 9.78 Å². The Morgan fingerprint density at radius 3 is 2.27 bits per heavy atom. The van der Waals surface area contributed by atoms with Crippen molar-refractivity contribution in [2.45, 2.75) is 70.7 Å². The highest BCUT2D eigenvalue weighted by Gasteiger charge is 2.39. The summed E-state index contributed by atoms with van der Waals surface area (Å²) in [5, 5.41) is 9.11. The number of likely N-dealkylation sites (N-methyl/N-ethyl adjacent to an activating group) is 1. The summed E-state index contributed by atoms with van der Waals surface area (Å²) in [5.41, 5.74) is -1.03. The number of alkyl carbamates (subject to hydrolysis) is 1. The first-order chi connectivity index (χ1) is 22.4. The van der Waals surface area contributed by atoms with E-state index in [2.05, 4.69) is 25.9 Å². The molecule has 256 valence electrons. The molecule has 2 aromatic heterocycles. The predicted molar refractivity (Wildman–Crippen MR) is 183 cm³/mol. The second kappa shape index (κ2) is 13.8. The van der Waals surface area contributed by atoms with Crippen molar-refractivity contribution in [3.63, 3.8) is 0 Å². The van der Waals surface area contributed by atoms with Crippen molar-refractivity contribution in [1.82, 2.24) is 30.1 Å². The average molecular weight is 660 g/mol. The molecule has 0 radical (unpaired) electrons. The maximum Gasteiger partial charge on any atom is 0.408 e. The maximum atomic E-state index is 13.9. The number of para-hydroxylation sites is 1. The molecule has 2 heterocycles. The van der Waals surface area contributed by atoms with Gasteiger partial charge in [-0.3, -0.25) is 14.4 Å². The quantitative estimate of drug-likeness (QED) is 0.188. The molecule has 0 fully saturated rings. The highest BCUT2D eigenvalue weighted by Crippen LogP contribution is 2.31. The molecule has 2 atom stereocenters. The van der Waals surface area contributed by atoms with Gasteiger partial charge >= 0.3 is 6.09 Å². The summed E-state index contributed by atoms with van der Waals surface area (Å²) in [7, 11) is 4.90. The Morgan fingerprint density at radius 2 is 1.65 bits per heavy atom. The summed E-state index contributed by atoms with van der Waals surface area (Å²) < 4.78 is 12.3. The molecule has 0 saturated carbocycles. The lowest BCUT2D eigenvalue weighted by atomic mass is 9.90. The number of methoxy groups -OCH3 is 1. The number of fused-ring (bicyclic) bond motifs is 1. The molecule has 4 N–H and O–H groups in total. The van der Waals surface area contributed by atoms with E-state index in [1.807, 2.05) is 24.3 Å². The number of amides is 4. The van der Waals surface area contributed by atoms with Gasteiger partial charge in [0, 0.05) is 43.8 Å². The summed E-state index contributed by atoms with van der Waals surface area (Å²) in [6.45, 7) is 9.98. The van der Waals surface area contributed by atoms with Crippen molar-refractivity contribution < 1.29 is 28.7 Å². The van der Waals surface area contributed by atoms with E-state index < -0.39 is 40.6 Å². The van der Waals surface area contributed by atoms with Crippen molar-refractivity contribution in [2.24, 2.45) is 0 Å². The number of ether oxygens (including phenoxy) is 2. The monoisotopic (exact) mass is 659 g/mol. The van der Waals surface area contributed by atoms with Crippen LogP contribution in [0.15, 0.2) is 67.3 Å². The molecule has 13 nitrogen and oxygen atoms in total. The van der Waals surface area contributed by atoms with Gasteiger partial charge in [0.05, 0.1) is 13.4 Å². The summed E-state index contributed by atoms with van der Waals surface area (Å²) in [5.74, 6) is -0.535. The van der Waals surface area contributed by atoms with E-state index in [9.17, 15) is 19.2 Å². The van der Waals surface area contributed by atoms with Crippen LogP contribution in [0.25, 0.3) is 10.9 Å². The highest BCUT2D eigenvalue weighted by molar-refractivity contribution is 5.99. The van der Waals surface area contributed by atoms with Crippen LogP contribution in [0.3, 0.4) is 0 Å². The second-order valence-corrected chi connectivity index (χ2v) is 13.5. The third kappa shape index (κ3) is 7.96. The molecule has 0 aliphatic carbocycles. The topological polar surface area (TPSA) is 160 Å². The van der Waals surface area contributed by atoms with Gasteiger partial charge in [0.1, 0.15) is 28.5 Å². The molecule has 0 bridgehead atoms. The predicted octanol–water partition coefficient (Wildman–Crippen LogP) is 4.19. The van der Waals surface area contributed by atoms with E-state index in [-0.39, 0.29) is 18.1 Å². The molecule has 0 spiro atoms. The van der Waals surface area contributed by atoms with Crippen molar-refractivity contribution >= 4 is 40.5 Å². The standard InChI is InChI=1S/C35H45N7O6/c1-33(2,3)48-32(46)40-34(4,5)30(44)38-27(18-22-19-36-26-13-11-10-12-25(22)26)29(43)39-28-20-42(21-37-28)35(6,31(45)41(7)8)23-14-16-24(47-9)17-15-23/h10-17,19-21,27,36H,18H2,1-9H3,(H,38,44)(H,39,43)(H,40,46)/t27-,35?/m0/s1. The van der Waals surface area contributed by atoms with Crippen LogP contribution in [-0.4, -0.2) is 81.6 Å². The van der Waals surface area contributed by atoms with Crippen LogP contribution in [0, 0.1) is 0 Å². The van der Waals surface area contributed by atoms with Gasteiger partial charge in [-0.2, -0.15) is 0 Å². The molecular weight excluding hydrogens is 614 g/mol. The first-order valence-corrected chi connectivity index (χ1v) is 15.5. The molecule has 0 aliphatic heterocycles. The van der Waals surface area contributed by atoms with Crippen LogP contribution in [0.2, 0.25) is 0 Å². The Labute approximate surface area is 280 Å². The summed E-state index contributed by atoms with van der Waals surface area (Å²) in [4.78, 5) is 62.6. The number of H-pyrrole nitrogens is 1. The normalized spacial score (nSPS) is 13.6. The van der Waals surface area contributed by atoms with Crippen LogP contribution >= 0.6 is 0 Å². The van der Waals surface area contributed by atoms with Crippen LogP contribution in [-0.2, 0) is 31.1 Å². The third-order valence-corrected chi connectivity index (χ3v) is 7.93. The number of anilines is 1. The number of aromatic nitrogens is 3. The fourth-order valence-corrected chi connectivity index (χ4v) is 5.26. The van der Waals surface area contributed by atoms with E-state index in [1.165, 1.54) is 25.1 Å². The SMILES string of the molecule is COc1ccc(C(C)(C(=O)N(C)C)n2cnc(NC(=O)[C@H](Cc3c[nH]c4ccccc34)NC(=O)C(C)(C)NC(=O)OC(C)(C)C)c2)cc1. The van der Waals surface area contributed by atoms with Crippen molar-refractivity contribution in [2.75, 3.05) is 26.5 Å². The fraction of sp³-hybridized carbons (Fsp3) is 0.400. The van der Waals surface area contributed by atoms with Crippen molar-refractivity contribution in [1.29, 1.82) is 0 Å². The maximum absolute atomic E-state index is 13.9. The van der Waals surface area contributed by atoms with E-state index in [1.54, 1.807) is 90.1 Å². The third-order valence-electron chi connectivity index (χ3n) is 7.93. The van der Waals surface area contributed by atoms with Crippen LogP contribution in [0.5, 0.6) is 5.75 Å². The number of aromatic amines is 1. The molecule has 0 saturated heterocycles. The minimum atomic E-state index is -1.42. The zero-order valence-corrected chi connectivity index (χ0v) is 28.9. The van der Waals surface area contributed by atoms with E-state index >= 15 is 0 Å². The molecule has 0 aliphatic rings. The minimum Gasteiger partial charge on any atom is -0.497 e. The van der Waals surface area contributed by atoms with E-state index in [0.29, 0.717) is 11.3 Å². The molecule has 2 aromatic carbocycles. The minimum absolute atomic E-state index is 0.132. The van der Waals surface area contributed by atoms with Gasteiger partial charge in [0.15, 0.2) is 5.82 Å². The van der Waals surface area contributed by atoms with Crippen molar-refractivity contribution in [3.05, 3.63) is 78.4 Å². The molecule has 48 heavy (non-hydrogen) atoms. The second-order valence-electron chi connectivity index (χ2n) is 13.5. The number of rotatable bonds is 11. The number of nitrogens with one attached hydrogen (secondary N) is 4. The van der Waals surface area contributed by atoms with Gasteiger partial charge in [-0.1, -0.05) is 30.3 Å². The van der Waals surface area contributed by atoms with Gasteiger partial charge < -0.3 is 39.9 Å². The van der Waals surface area contributed by atoms with Gasteiger partial charge in [-0.05, 0) is 70.9 Å². The van der Waals surface area contributed by atoms with Gasteiger partial charge in [-0.15, -0.1) is 0 Å². The molecule has 4 aromatic rings. The lowest BCUT2D eigenvalue weighted by molar-refractivity contribution is -0.135. The van der Waals surface area contributed by atoms with Crippen molar-refractivity contribution in [3.8, 4) is 5.75 Å². The first-order valence-electron chi connectivity index (χ1n) is 15.5. The zero-order chi connectivity index (χ0) is 35.4. The number of hydrogen-bond donors (Lipinski definition) is 4. The lowest BCUT2D eigenvalue weighted by Gasteiger charge is -2.33. The number of carbonyl (C=O) groups is 4. The molecule has 13 heteroatoms. The van der Waals surface area contributed by atoms with E-state index in [4.69, 9.17) is 9.47 Å². The summed E-state index contributed by atoms with van der Waals surface area (Å²) in [6.07, 6.45) is 4.21. The Morgan fingerprint density at radius 1 is 0.979 bits per heavy atom.